The Morgan fingerprint density at radius 1 is 0.882 bits per heavy atom. The fourth-order valence-electron chi connectivity index (χ4n) is 2.28. The predicted molar refractivity (Wildman–Crippen MR) is 79.9 cm³/mol. The van der Waals surface area contributed by atoms with Crippen LogP contribution in [0.15, 0.2) is 0 Å². The Bertz CT molecular complexity index is 172. The molecule has 0 aromatic carbocycles. The first-order chi connectivity index (χ1) is 7.98. The lowest BCUT2D eigenvalue weighted by Crippen LogP contribution is -2.33. The highest BCUT2D eigenvalue weighted by Gasteiger charge is 2.22. The van der Waals surface area contributed by atoms with Gasteiger partial charge in [-0.25, -0.2) is 0 Å². The fraction of sp³-hybridized carbons (Fsp3) is 1.00. The highest BCUT2D eigenvalue weighted by atomic mass is 28.4. The van der Waals surface area contributed by atoms with Crippen molar-refractivity contribution in [2.75, 3.05) is 6.54 Å². The normalized spacial score (nSPS) is 12.4. The summed E-state index contributed by atoms with van der Waals surface area (Å²) in [7, 11) is -1.36. The van der Waals surface area contributed by atoms with Crippen LogP contribution in [0.1, 0.15) is 58.8 Å². The van der Waals surface area contributed by atoms with E-state index in [0.29, 0.717) is 6.10 Å². The molecule has 0 atom stereocenters. The van der Waals surface area contributed by atoms with Crippen molar-refractivity contribution in [2.45, 2.75) is 84.0 Å². The van der Waals surface area contributed by atoms with E-state index < -0.39 is 8.32 Å². The van der Waals surface area contributed by atoms with Crippen molar-refractivity contribution in [1.29, 1.82) is 0 Å². The van der Waals surface area contributed by atoms with Crippen molar-refractivity contribution in [3.05, 3.63) is 0 Å². The highest BCUT2D eigenvalue weighted by Crippen LogP contribution is 2.18. The lowest BCUT2D eigenvalue weighted by atomic mass is 10.1. The topological polar surface area (TPSA) is 35.2 Å². The Kier molecular flexibility index (Phi) is 10.2. The van der Waals surface area contributed by atoms with E-state index in [1.165, 1.54) is 51.0 Å². The van der Waals surface area contributed by atoms with Crippen molar-refractivity contribution in [3.63, 3.8) is 0 Å². The van der Waals surface area contributed by atoms with E-state index in [2.05, 4.69) is 26.9 Å². The minimum absolute atomic E-state index is 0.396. The van der Waals surface area contributed by atoms with Crippen LogP contribution in [0.4, 0.5) is 0 Å². The van der Waals surface area contributed by atoms with Crippen LogP contribution in [0.3, 0.4) is 0 Å². The zero-order valence-corrected chi connectivity index (χ0v) is 13.4. The molecule has 0 saturated carbocycles. The number of unbranched alkanes of at least 4 members (excludes halogenated alkanes) is 6. The SMILES string of the molecule is CC(C)O[Si](C)(C)CCCCCCCCCN. The molecule has 17 heavy (non-hydrogen) atoms. The largest absolute Gasteiger partial charge is 0.415 e. The predicted octanol–water partition coefficient (Wildman–Crippen LogP) is 4.31. The molecule has 0 aliphatic rings. The molecule has 2 N–H and O–H groups in total. The molecule has 0 bridgehead atoms. The van der Waals surface area contributed by atoms with Crippen molar-refractivity contribution < 1.29 is 4.43 Å². The van der Waals surface area contributed by atoms with E-state index in [1.54, 1.807) is 0 Å². The highest BCUT2D eigenvalue weighted by molar-refractivity contribution is 6.71. The molecule has 0 aliphatic heterocycles. The maximum absolute atomic E-state index is 6.02. The van der Waals surface area contributed by atoms with Gasteiger partial charge < -0.3 is 10.2 Å². The van der Waals surface area contributed by atoms with Crippen LogP contribution < -0.4 is 5.73 Å². The Balaban J connectivity index is 3.32. The minimum atomic E-state index is -1.36. The molecule has 104 valence electrons. The number of hydrogen-bond donors (Lipinski definition) is 1. The van der Waals surface area contributed by atoms with E-state index >= 15 is 0 Å². The first-order valence-electron chi connectivity index (χ1n) is 7.36. The van der Waals surface area contributed by atoms with Gasteiger partial charge in [-0.2, -0.15) is 0 Å². The van der Waals surface area contributed by atoms with Crippen LogP contribution in [0, 0.1) is 0 Å². The second-order valence-electron chi connectivity index (χ2n) is 5.94. The summed E-state index contributed by atoms with van der Waals surface area (Å²) in [6.45, 7) is 9.83. The fourth-order valence-corrected chi connectivity index (χ4v) is 4.77. The van der Waals surface area contributed by atoms with Crippen molar-refractivity contribution in [1.82, 2.24) is 0 Å². The average molecular weight is 260 g/mol. The molecule has 2 nitrogen and oxygen atoms in total. The van der Waals surface area contributed by atoms with Crippen LogP contribution in [0.2, 0.25) is 19.1 Å². The summed E-state index contributed by atoms with van der Waals surface area (Å²) in [5.41, 5.74) is 5.47. The molecule has 0 fully saturated rings. The number of rotatable bonds is 11. The molecule has 0 spiro atoms. The van der Waals surface area contributed by atoms with Crippen molar-refractivity contribution in [2.24, 2.45) is 5.73 Å². The maximum Gasteiger partial charge on any atom is 0.187 e. The molecule has 0 aromatic heterocycles. The van der Waals surface area contributed by atoms with E-state index in [-0.39, 0.29) is 0 Å². The molecule has 0 aliphatic carbocycles. The summed E-state index contributed by atoms with van der Waals surface area (Å²) in [6, 6.07) is 1.31. The molecular weight excluding hydrogens is 226 g/mol. The molecule has 0 rings (SSSR count). The van der Waals surface area contributed by atoms with Gasteiger partial charge in [0.15, 0.2) is 8.32 Å². The van der Waals surface area contributed by atoms with E-state index in [9.17, 15) is 0 Å². The minimum Gasteiger partial charge on any atom is -0.415 e. The van der Waals surface area contributed by atoms with Gasteiger partial charge in [0.25, 0.3) is 0 Å². The van der Waals surface area contributed by atoms with Crippen LogP contribution in [0.25, 0.3) is 0 Å². The molecule has 0 amide bonds. The monoisotopic (exact) mass is 259 g/mol. The molecular formula is C14H33NOSi. The average Bonchev–Trinajstić information content (AvgIpc) is 2.20. The van der Waals surface area contributed by atoms with Gasteiger partial charge in [-0.15, -0.1) is 0 Å². The van der Waals surface area contributed by atoms with Crippen LogP contribution in [0.5, 0.6) is 0 Å². The molecule has 0 radical (unpaired) electrons. The van der Waals surface area contributed by atoms with Crippen LogP contribution >= 0.6 is 0 Å². The van der Waals surface area contributed by atoms with Gasteiger partial charge in [-0.1, -0.05) is 38.5 Å². The third-order valence-electron chi connectivity index (χ3n) is 3.04. The zero-order chi connectivity index (χ0) is 13.1. The lowest BCUT2D eigenvalue weighted by molar-refractivity contribution is 0.230. The second-order valence-corrected chi connectivity index (χ2v) is 10.2. The van der Waals surface area contributed by atoms with Gasteiger partial charge in [0.2, 0.25) is 0 Å². The van der Waals surface area contributed by atoms with Crippen molar-refractivity contribution in [3.8, 4) is 0 Å². The lowest BCUT2D eigenvalue weighted by Gasteiger charge is -2.25. The smallest absolute Gasteiger partial charge is 0.187 e. The van der Waals surface area contributed by atoms with Crippen LogP contribution in [-0.2, 0) is 4.43 Å². The van der Waals surface area contributed by atoms with Gasteiger partial charge in [0.05, 0.1) is 0 Å². The Labute approximate surface area is 109 Å². The summed E-state index contributed by atoms with van der Waals surface area (Å²) in [6.07, 6.45) is 9.76. The van der Waals surface area contributed by atoms with Gasteiger partial charge >= 0.3 is 0 Å². The molecule has 0 saturated heterocycles. The number of hydrogen-bond acceptors (Lipinski definition) is 2. The number of nitrogens with two attached hydrogens (primary N) is 1. The summed E-state index contributed by atoms with van der Waals surface area (Å²) in [5, 5.41) is 0. The van der Waals surface area contributed by atoms with E-state index in [1.807, 2.05) is 0 Å². The summed E-state index contributed by atoms with van der Waals surface area (Å²) in [5.74, 6) is 0. The van der Waals surface area contributed by atoms with E-state index in [0.717, 1.165) is 6.54 Å². The van der Waals surface area contributed by atoms with Crippen LogP contribution in [-0.4, -0.2) is 21.0 Å². The molecule has 0 unspecified atom stereocenters. The Morgan fingerprint density at radius 2 is 1.35 bits per heavy atom. The second kappa shape index (κ2) is 10.1. The molecule has 3 heteroatoms. The first-order valence-corrected chi connectivity index (χ1v) is 10.5. The molecule has 0 aromatic rings. The molecule has 0 heterocycles. The first kappa shape index (κ1) is 17.1. The summed E-state index contributed by atoms with van der Waals surface area (Å²) >= 11 is 0. The van der Waals surface area contributed by atoms with Gasteiger partial charge in [0, 0.05) is 6.10 Å². The third-order valence-corrected chi connectivity index (χ3v) is 5.70. The van der Waals surface area contributed by atoms with E-state index in [4.69, 9.17) is 10.2 Å². The quantitative estimate of drug-likeness (QED) is 0.443. The Hall–Kier alpha value is 0.137. The van der Waals surface area contributed by atoms with Gasteiger partial charge in [-0.3, -0.25) is 0 Å². The summed E-state index contributed by atoms with van der Waals surface area (Å²) < 4.78 is 6.02. The van der Waals surface area contributed by atoms with Crippen molar-refractivity contribution >= 4 is 8.32 Å². The zero-order valence-electron chi connectivity index (χ0n) is 12.4. The summed E-state index contributed by atoms with van der Waals surface area (Å²) in [4.78, 5) is 0. The standard InChI is InChI=1S/C14H33NOSi/c1-14(2)16-17(3,4)13-11-9-7-5-6-8-10-12-15/h14H,5-13,15H2,1-4H3. The third kappa shape index (κ3) is 12.4. The van der Waals surface area contributed by atoms with Gasteiger partial charge in [-0.05, 0) is 46.0 Å². The van der Waals surface area contributed by atoms with Gasteiger partial charge in [0.1, 0.15) is 0 Å². The Morgan fingerprint density at radius 3 is 1.82 bits per heavy atom. The maximum atomic E-state index is 6.02.